The molecule has 0 unspecified atom stereocenters. The molecule has 3 rings (SSSR count). The van der Waals surface area contributed by atoms with Gasteiger partial charge < -0.3 is 0 Å². The van der Waals surface area contributed by atoms with Crippen LogP contribution in [-0.2, 0) is 19.3 Å². The molecule has 3 aromatic heterocycles. The Morgan fingerprint density at radius 1 is 1.38 bits per heavy atom. The van der Waals surface area contributed by atoms with Crippen LogP contribution in [0.25, 0.3) is 4.96 Å². The van der Waals surface area contributed by atoms with E-state index in [0.717, 1.165) is 27.7 Å². The van der Waals surface area contributed by atoms with E-state index in [2.05, 4.69) is 15.2 Å². The van der Waals surface area contributed by atoms with E-state index in [1.165, 1.54) is 21.8 Å². The highest BCUT2D eigenvalue weighted by atomic mass is 35.5. The van der Waals surface area contributed by atoms with Gasteiger partial charge in [0.1, 0.15) is 5.15 Å². The molecule has 0 saturated carbocycles. The number of aryl methyl sites for hydroxylation is 1. The smallest absolute Gasteiger partial charge is 0.294 e. The first-order chi connectivity index (χ1) is 13.6. The van der Waals surface area contributed by atoms with Crippen LogP contribution in [0.15, 0.2) is 22.0 Å². The Morgan fingerprint density at radius 2 is 2.10 bits per heavy atom. The van der Waals surface area contributed by atoms with Crippen molar-refractivity contribution in [1.82, 2.24) is 24.2 Å². The third-order valence-electron chi connectivity index (χ3n) is 4.03. The number of hydrogen-bond acceptors (Lipinski definition) is 6. The van der Waals surface area contributed by atoms with Crippen molar-refractivity contribution in [3.05, 3.63) is 49.6 Å². The van der Waals surface area contributed by atoms with Gasteiger partial charge in [-0.05, 0) is 13.3 Å². The van der Waals surface area contributed by atoms with Crippen molar-refractivity contribution in [1.29, 1.82) is 0 Å². The molecular weight excluding hydrogens is 429 g/mol. The van der Waals surface area contributed by atoms with Crippen molar-refractivity contribution in [3.8, 4) is 0 Å². The molecule has 0 aromatic carbocycles. The van der Waals surface area contributed by atoms with Crippen molar-refractivity contribution in [2.24, 2.45) is 5.10 Å². The molecule has 0 aliphatic heterocycles. The molecule has 156 valence electrons. The SMILES string of the molecule is CC/C=N\N(C)Cc1c(C)sc2nc(Cn3nc(C(F)(F)F)cc3Cl)cc(=O)n12. The average molecular weight is 447 g/mol. The van der Waals surface area contributed by atoms with Gasteiger partial charge in [-0.25, -0.2) is 9.67 Å². The van der Waals surface area contributed by atoms with Gasteiger partial charge in [-0.15, -0.1) is 11.3 Å². The lowest BCUT2D eigenvalue weighted by molar-refractivity contribution is -0.141. The number of fused-ring (bicyclic) bond motifs is 1. The van der Waals surface area contributed by atoms with E-state index in [-0.39, 0.29) is 23.0 Å². The zero-order valence-electron chi connectivity index (χ0n) is 15.9. The van der Waals surface area contributed by atoms with Crippen LogP contribution < -0.4 is 5.56 Å². The van der Waals surface area contributed by atoms with Gasteiger partial charge >= 0.3 is 6.18 Å². The summed E-state index contributed by atoms with van der Waals surface area (Å²) in [7, 11) is 1.81. The molecule has 7 nitrogen and oxygen atoms in total. The predicted octanol–water partition coefficient (Wildman–Crippen LogP) is 3.81. The first kappa shape index (κ1) is 21.3. The summed E-state index contributed by atoms with van der Waals surface area (Å²) in [5, 5.41) is 9.27. The van der Waals surface area contributed by atoms with Crippen molar-refractivity contribution in [2.75, 3.05) is 7.05 Å². The number of hydrazone groups is 1. The number of nitrogens with zero attached hydrogens (tertiary/aromatic N) is 6. The van der Waals surface area contributed by atoms with Crippen LogP contribution in [0.4, 0.5) is 13.2 Å². The molecule has 3 heterocycles. The molecule has 29 heavy (non-hydrogen) atoms. The predicted molar refractivity (Wildman–Crippen MR) is 106 cm³/mol. The van der Waals surface area contributed by atoms with Crippen molar-refractivity contribution in [2.45, 2.75) is 39.5 Å². The van der Waals surface area contributed by atoms with Crippen LogP contribution in [0.2, 0.25) is 5.15 Å². The first-order valence-corrected chi connectivity index (χ1v) is 9.84. The molecule has 0 aliphatic rings. The Morgan fingerprint density at radius 3 is 2.72 bits per heavy atom. The summed E-state index contributed by atoms with van der Waals surface area (Å²) in [5.74, 6) is 0. The van der Waals surface area contributed by atoms with Gasteiger partial charge in [0.25, 0.3) is 5.56 Å². The lowest BCUT2D eigenvalue weighted by Gasteiger charge is -2.13. The average Bonchev–Trinajstić information content (AvgIpc) is 3.13. The van der Waals surface area contributed by atoms with E-state index in [1.807, 2.05) is 13.8 Å². The van der Waals surface area contributed by atoms with E-state index in [9.17, 15) is 18.0 Å². The van der Waals surface area contributed by atoms with Crippen LogP contribution in [0.3, 0.4) is 0 Å². The fourth-order valence-electron chi connectivity index (χ4n) is 2.72. The van der Waals surface area contributed by atoms with Crippen LogP contribution in [0.1, 0.15) is 35.3 Å². The summed E-state index contributed by atoms with van der Waals surface area (Å²) in [6, 6.07) is 2.02. The molecule has 0 N–H and O–H groups in total. The fourth-order valence-corrected chi connectivity index (χ4v) is 3.92. The van der Waals surface area contributed by atoms with Gasteiger partial charge in [0, 0.05) is 30.3 Å². The molecule has 0 atom stereocenters. The number of thiazole rings is 1. The summed E-state index contributed by atoms with van der Waals surface area (Å²) in [6.45, 7) is 4.13. The van der Waals surface area contributed by atoms with E-state index in [1.54, 1.807) is 18.3 Å². The Labute approximate surface area is 173 Å². The molecule has 0 spiro atoms. The molecule has 0 aliphatic carbocycles. The van der Waals surface area contributed by atoms with E-state index in [0.29, 0.717) is 11.5 Å². The van der Waals surface area contributed by atoms with Gasteiger partial charge in [0.05, 0.1) is 24.5 Å². The molecular formula is C17H18ClF3N6OS. The quantitative estimate of drug-likeness (QED) is 0.426. The Bertz CT molecular complexity index is 1120. The summed E-state index contributed by atoms with van der Waals surface area (Å²) in [6.07, 6.45) is -2.03. The van der Waals surface area contributed by atoms with E-state index >= 15 is 0 Å². The zero-order chi connectivity index (χ0) is 21.3. The largest absolute Gasteiger partial charge is 0.435 e. The molecule has 0 saturated heterocycles. The van der Waals surface area contributed by atoms with Crippen molar-refractivity contribution in [3.63, 3.8) is 0 Å². The standard InChI is InChI=1S/C17H18ClF3N6OS/c1-4-5-22-25(3)9-12-10(2)29-16-23-11(6-15(28)27(12)16)8-26-14(18)7-13(24-26)17(19,20)21/h5-7H,4,8-9H2,1-3H3/b22-5-. The van der Waals surface area contributed by atoms with Gasteiger partial charge in [0.15, 0.2) is 10.7 Å². The highest BCUT2D eigenvalue weighted by Gasteiger charge is 2.34. The minimum absolute atomic E-state index is 0.145. The number of rotatable bonds is 6. The summed E-state index contributed by atoms with van der Waals surface area (Å²) in [4.78, 5) is 18.5. The van der Waals surface area contributed by atoms with Gasteiger partial charge in [-0.3, -0.25) is 14.2 Å². The molecule has 12 heteroatoms. The zero-order valence-corrected chi connectivity index (χ0v) is 17.4. The lowest BCUT2D eigenvalue weighted by atomic mass is 10.3. The summed E-state index contributed by atoms with van der Waals surface area (Å²) >= 11 is 7.19. The molecule has 0 bridgehead atoms. The number of hydrogen-bond donors (Lipinski definition) is 0. The van der Waals surface area contributed by atoms with Crippen LogP contribution >= 0.6 is 22.9 Å². The van der Waals surface area contributed by atoms with Crippen molar-refractivity contribution < 1.29 is 13.2 Å². The molecule has 0 fully saturated rings. The second-order valence-electron chi connectivity index (χ2n) is 6.34. The maximum Gasteiger partial charge on any atom is 0.435 e. The van der Waals surface area contributed by atoms with E-state index < -0.39 is 11.9 Å². The highest BCUT2D eigenvalue weighted by molar-refractivity contribution is 7.17. The topological polar surface area (TPSA) is 67.8 Å². The first-order valence-electron chi connectivity index (χ1n) is 8.65. The summed E-state index contributed by atoms with van der Waals surface area (Å²) < 4.78 is 40.9. The number of alkyl halides is 3. The van der Waals surface area contributed by atoms with Crippen LogP contribution in [0.5, 0.6) is 0 Å². The normalized spacial score (nSPS) is 12.4. The van der Waals surface area contributed by atoms with Gasteiger partial charge in [-0.1, -0.05) is 18.5 Å². The van der Waals surface area contributed by atoms with Crippen molar-refractivity contribution >= 4 is 34.1 Å². The van der Waals surface area contributed by atoms with E-state index in [4.69, 9.17) is 11.6 Å². The maximum atomic E-state index is 12.8. The van der Waals surface area contributed by atoms with Crippen LogP contribution in [0, 0.1) is 6.92 Å². The third kappa shape index (κ3) is 4.61. The number of aromatic nitrogens is 4. The molecule has 3 aromatic rings. The second-order valence-corrected chi connectivity index (χ2v) is 7.91. The molecule has 0 amide bonds. The minimum Gasteiger partial charge on any atom is -0.294 e. The van der Waals surface area contributed by atoms with Gasteiger partial charge in [0.2, 0.25) is 0 Å². The highest BCUT2D eigenvalue weighted by Crippen LogP contribution is 2.30. The fraction of sp³-hybridized carbons (Fsp3) is 0.412. The number of halogens is 4. The second kappa shape index (κ2) is 8.15. The Kier molecular flexibility index (Phi) is 5.99. The van der Waals surface area contributed by atoms with Crippen LogP contribution in [-0.4, -0.2) is 37.4 Å². The monoisotopic (exact) mass is 446 g/mol. The Balaban J connectivity index is 1.94. The maximum absolute atomic E-state index is 12.8. The minimum atomic E-state index is -4.60. The molecule has 0 radical (unpaired) electrons. The lowest BCUT2D eigenvalue weighted by Crippen LogP contribution is -2.21. The Hall–Kier alpha value is -2.40. The third-order valence-corrected chi connectivity index (χ3v) is 5.34. The van der Waals surface area contributed by atoms with Gasteiger partial charge in [-0.2, -0.15) is 23.4 Å². The summed E-state index contributed by atoms with van der Waals surface area (Å²) in [5.41, 5.74) is -0.373.